The molecule has 168 valence electrons. The quantitative estimate of drug-likeness (QED) is 0.709. The molecule has 0 aliphatic carbocycles. The summed E-state index contributed by atoms with van der Waals surface area (Å²) in [6, 6.07) is 8.02. The number of rotatable bonds is 4. The van der Waals surface area contributed by atoms with E-state index in [1.54, 1.807) is 12.1 Å². The highest BCUT2D eigenvalue weighted by atomic mass is 19.4. The number of piperazine rings is 1. The first kappa shape index (κ1) is 22.9. The second-order valence-corrected chi connectivity index (χ2v) is 7.25. The molecule has 1 heterocycles. The van der Waals surface area contributed by atoms with Crippen LogP contribution in [0.25, 0.3) is 0 Å². The SMILES string of the molecule is COc1cccc(CC2CN(C(=O)c3cc(C(F)(F)F)cc(C(F)(F)F)c3)CCN2)c1. The van der Waals surface area contributed by atoms with Gasteiger partial charge in [-0.3, -0.25) is 4.79 Å². The van der Waals surface area contributed by atoms with Crippen molar-refractivity contribution in [2.24, 2.45) is 0 Å². The van der Waals surface area contributed by atoms with E-state index in [1.807, 2.05) is 12.1 Å². The number of alkyl halides is 6. The first-order valence-corrected chi connectivity index (χ1v) is 9.42. The number of benzene rings is 2. The number of carbonyl (C=O) groups excluding carboxylic acids is 1. The minimum atomic E-state index is -5.01. The Kier molecular flexibility index (Phi) is 6.49. The number of nitrogens with zero attached hydrogens (tertiary/aromatic N) is 1. The van der Waals surface area contributed by atoms with E-state index in [2.05, 4.69) is 5.32 Å². The molecule has 31 heavy (non-hydrogen) atoms. The third kappa shape index (κ3) is 5.69. The lowest BCUT2D eigenvalue weighted by atomic mass is 10.0. The molecular weight excluding hydrogens is 426 g/mol. The fourth-order valence-corrected chi connectivity index (χ4v) is 3.49. The lowest BCUT2D eigenvalue weighted by Gasteiger charge is -2.34. The molecule has 0 aromatic heterocycles. The zero-order chi connectivity index (χ0) is 22.8. The van der Waals surface area contributed by atoms with Crippen molar-refractivity contribution in [1.82, 2.24) is 10.2 Å². The van der Waals surface area contributed by atoms with Gasteiger partial charge in [-0.25, -0.2) is 0 Å². The molecule has 1 fully saturated rings. The van der Waals surface area contributed by atoms with Crippen molar-refractivity contribution in [3.63, 3.8) is 0 Å². The smallest absolute Gasteiger partial charge is 0.416 e. The molecule has 1 saturated heterocycles. The van der Waals surface area contributed by atoms with Crippen molar-refractivity contribution in [3.8, 4) is 5.75 Å². The Hall–Kier alpha value is -2.75. The van der Waals surface area contributed by atoms with E-state index >= 15 is 0 Å². The molecule has 2 aromatic carbocycles. The predicted molar refractivity (Wildman–Crippen MR) is 101 cm³/mol. The molecule has 0 radical (unpaired) electrons. The first-order valence-electron chi connectivity index (χ1n) is 9.42. The Morgan fingerprint density at radius 1 is 1.06 bits per heavy atom. The third-order valence-electron chi connectivity index (χ3n) is 4.99. The monoisotopic (exact) mass is 446 g/mol. The van der Waals surface area contributed by atoms with Gasteiger partial charge in [0.15, 0.2) is 0 Å². The van der Waals surface area contributed by atoms with Crippen LogP contribution in [0.2, 0.25) is 0 Å². The molecule has 1 N–H and O–H groups in total. The van der Waals surface area contributed by atoms with Crippen LogP contribution >= 0.6 is 0 Å². The van der Waals surface area contributed by atoms with Crippen LogP contribution in [-0.4, -0.2) is 43.6 Å². The first-order chi connectivity index (χ1) is 14.5. The van der Waals surface area contributed by atoms with Crippen LogP contribution in [0.15, 0.2) is 42.5 Å². The standard InChI is InChI=1S/C21H20F6N2O2/c1-31-18-4-2-3-13(8-18)7-17-12-29(6-5-28-17)19(30)14-9-15(20(22,23)24)11-16(10-14)21(25,26)27/h2-4,8-11,17,28H,5-7,12H2,1H3. The van der Waals surface area contributed by atoms with Crippen LogP contribution in [0.5, 0.6) is 5.75 Å². The second kappa shape index (κ2) is 8.78. The number of hydrogen-bond acceptors (Lipinski definition) is 3. The van der Waals surface area contributed by atoms with Gasteiger partial charge in [-0.1, -0.05) is 12.1 Å². The number of nitrogens with one attached hydrogen (secondary N) is 1. The average molecular weight is 446 g/mol. The summed E-state index contributed by atoms with van der Waals surface area (Å²) in [6.45, 7) is 0.685. The topological polar surface area (TPSA) is 41.6 Å². The largest absolute Gasteiger partial charge is 0.497 e. The van der Waals surface area contributed by atoms with E-state index in [-0.39, 0.29) is 25.2 Å². The van der Waals surface area contributed by atoms with E-state index in [1.165, 1.54) is 12.0 Å². The van der Waals surface area contributed by atoms with Crippen LogP contribution in [0.3, 0.4) is 0 Å². The van der Waals surface area contributed by atoms with E-state index < -0.39 is 35.0 Å². The summed E-state index contributed by atoms with van der Waals surface area (Å²) >= 11 is 0. The van der Waals surface area contributed by atoms with Crippen LogP contribution in [-0.2, 0) is 18.8 Å². The minimum absolute atomic E-state index is 0.0140. The third-order valence-corrected chi connectivity index (χ3v) is 4.99. The normalized spacial score (nSPS) is 17.5. The maximum atomic E-state index is 13.1. The van der Waals surface area contributed by atoms with Gasteiger partial charge < -0.3 is 15.0 Å². The van der Waals surface area contributed by atoms with Gasteiger partial charge in [0.25, 0.3) is 5.91 Å². The maximum absolute atomic E-state index is 13.1. The molecule has 1 aliphatic rings. The number of methoxy groups -OCH3 is 1. The number of hydrogen-bond donors (Lipinski definition) is 1. The predicted octanol–water partition coefficient (Wildman–Crippen LogP) is 4.39. The van der Waals surface area contributed by atoms with Crippen molar-refractivity contribution in [2.75, 3.05) is 26.7 Å². The fraction of sp³-hybridized carbons (Fsp3) is 0.381. The molecular formula is C21H20F6N2O2. The van der Waals surface area contributed by atoms with Crippen LogP contribution < -0.4 is 10.1 Å². The van der Waals surface area contributed by atoms with Crippen molar-refractivity contribution < 1.29 is 35.9 Å². The lowest BCUT2D eigenvalue weighted by molar-refractivity contribution is -0.143. The summed E-state index contributed by atoms with van der Waals surface area (Å²) in [5.74, 6) is -0.210. The molecule has 1 aliphatic heterocycles. The highest BCUT2D eigenvalue weighted by Crippen LogP contribution is 2.36. The van der Waals surface area contributed by atoms with Gasteiger partial charge in [0.1, 0.15) is 5.75 Å². The number of halogens is 6. The fourth-order valence-electron chi connectivity index (χ4n) is 3.49. The Bertz CT molecular complexity index is 910. The maximum Gasteiger partial charge on any atom is 0.416 e. The number of carbonyl (C=O) groups is 1. The van der Waals surface area contributed by atoms with Gasteiger partial charge in [0, 0.05) is 31.2 Å². The molecule has 0 bridgehead atoms. The van der Waals surface area contributed by atoms with Crippen LogP contribution in [0, 0.1) is 0 Å². The summed E-state index contributed by atoms with van der Waals surface area (Å²) in [5.41, 5.74) is -2.73. The highest BCUT2D eigenvalue weighted by molar-refractivity contribution is 5.94. The van der Waals surface area contributed by atoms with Gasteiger partial charge in [0.2, 0.25) is 0 Å². The Labute approximate surface area is 174 Å². The molecule has 1 atom stereocenters. The van der Waals surface area contributed by atoms with Crippen molar-refractivity contribution in [2.45, 2.75) is 24.8 Å². The van der Waals surface area contributed by atoms with Gasteiger partial charge >= 0.3 is 12.4 Å². The van der Waals surface area contributed by atoms with E-state index in [0.717, 1.165) is 5.56 Å². The molecule has 3 rings (SSSR count). The Morgan fingerprint density at radius 2 is 1.71 bits per heavy atom. The summed E-state index contributed by atoms with van der Waals surface area (Å²) in [6.07, 6.45) is -9.50. The molecule has 2 aromatic rings. The zero-order valence-corrected chi connectivity index (χ0v) is 16.5. The van der Waals surface area contributed by atoms with Crippen molar-refractivity contribution >= 4 is 5.91 Å². The van der Waals surface area contributed by atoms with Crippen molar-refractivity contribution in [3.05, 3.63) is 64.7 Å². The van der Waals surface area contributed by atoms with Gasteiger partial charge in [-0.15, -0.1) is 0 Å². The summed E-state index contributed by atoms with van der Waals surface area (Å²) in [5, 5.41) is 3.22. The van der Waals surface area contributed by atoms with E-state index in [4.69, 9.17) is 4.74 Å². The zero-order valence-electron chi connectivity index (χ0n) is 16.5. The van der Waals surface area contributed by atoms with Crippen LogP contribution in [0.1, 0.15) is 27.0 Å². The lowest BCUT2D eigenvalue weighted by Crippen LogP contribution is -2.53. The summed E-state index contributed by atoms with van der Waals surface area (Å²) < 4.78 is 83.7. The highest BCUT2D eigenvalue weighted by Gasteiger charge is 2.38. The second-order valence-electron chi connectivity index (χ2n) is 7.25. The molecule has 1 unspecified atom stereocenters. The molecule has 10 heteroatoms. The summed E-state index contributed by atoms with van der Waals surface area (Å²) in [7, 11) is 1.53. The molecule has 0 saturated carbocycles. The average Bonchev–Trinajstić information content (AvgIpc) is 2.72. The number of amides is 1. The Morgan fingerprint density at radius 3 is 2.29 bits per heavy atom. The Balaban J connectivity index is 1.81. The van der Waals surface area contributed by atoms with Crippen molar-refractivity contribution in [1.29, 1.82) is 0 Å². The van der Waals surface area contributed by atoms with Crippen LogP contribution in [0.4, 0.5) is 26.3 Å². The van der Waals surface area contributed by atoms with Gasteiger partial charge in [-0.05, 0) is 42.3 Å². The van der Waals surface area contributed by atoms with Gasteiger partial charge in [0.05, 0.1) is 18.2 Å². The molecule has 0 spiro atoms. The molecule has 1 amide bonds. The van der Waals surface area contributed by atoms with E-state index in [0.29, 0.717) is 30.8 Å². The summed E-state index contributed by atoms with van der Waals surface area (Å²) in [4.78, 5) is 14.1. The van der Waals surface area contributed by atoms with Gasteiger partial charge in [-0.2, -0.15) is 26.3 Å². The molecule has 4 nitrogen and oxygen atoms in total. The van der Waals surface area contributed by atoms with E-state index in [9.17, 15) is 31.1 Å². The number of ether oxygens (including phenoxy) is 1. The minimum Gasteiger partial charge on any atom is -0.497 e.